The first-order valence-corrected chi connectivity index (χ1v) is 11.1. The maximum absolute atomic E-state index is 13.4. The number of nitrogens with one attached hydrogen (secondary N) is 1. The largest absolute Gasteiger partial charge is 0.376 e. The monoisotopic (exact) mass is 450 g/mol. The second-order valence-electron chi connectivity index (χ2n) is 7.55. The van der Waals surface area contributed by atoms with Gasteiger partial charge in [-0.05, 0) is 52.1 Å². The van der Waals surface area contributed by atoms with E-state index >= 15 is 0 Å². The topological polar surface area (TPSA) is 127 Å². The molecule has 0 unspecified atom stereocenters. The van der Waals surface area contributed by atoms with E-state index in [1.54, 1.807) is 40.2 Å². The Kier molecular flexibility index (Phi) is 4.55. The predicted octanol–water partition coefficient (Wildman–Crippen LogP) is 2.21. The minimum Gasteiger partial charge on any atom is -0.376 e. The summed E-state index contributed by atoms with van der Waals surface area (Å²) in [5.74, 6) is 0. The van der Waals surface area contributed by atoms with Gasteiger partial charge in [0.15, 0.2) is 11.0 Å². The van der Waals surface area contributed by atoms with Crippen LogP contribution in [0.5, 0.6) is 0 Å². The van der Waals surface area contributed by atoms with Gasteiger partial charge in [-0.1, -0.05) is 0 Å². The number of hydrogen-bond acceptors (Lipinski definition) is 8. The highest BCUT2D eigenvalue weighted by Crippen LogP contribution is 2.32. The number of pyridine rings is 1. The van der Waals surface area contributed by atoms with Gasteiger partial charge in [-0.25, -0.2) is 13.0 Å². The molecule has 0 fully saturated rings. The Labute approximate surface area is 182 Å². The van der Waals surface area contributed by atoms with Crippen LogP contribution in [-0.4, -0.2) is 47.6 Å². The van der Waals surface area contributed by atoms with Gasteiger partial charge in [0.05, 0.1) is 23.3 Å². The molecule has 0 spiro atoms. The van der Waals surface area contributed by atoms with Gasteiger partial charge in [0.25, 0.3) is 5.56 Å². The average Bonchev–Trinajstić information content (AvgIpc) is 3.46. The summed E-state index contributed by atoms with van der Waals surface area (Å²) in [6.07, 6.45) is 5.00. The van der Waals surface area contributed by atoms with Crippen molar-refractivity contribution in [2.45, 2.75) is 16.3 Å². The van der Waals surface area contributed by atoms with Crippen LogP contribution in [0.25, 0.3) is 21.8 Å². The fraction of sp³-hybridized carbons (Fsp3) is 0.143. The van der Waals surface area contributed by atoms with Gasteiger partial charge >= 0.3 is 0 Å². The third-order valence-corrected chi connectivity index (χ3v) is 7.08. The van der Waals surface area contributed by atoms with Gasteiger partial charge in [-0.2, -0.15) is 5.10 Å². The van der Waals surface area contributed by atoms with Crippen molar-refractivity contribution in [3.8, 4) is 0 Å². The molecule has 11 heteroatoms. The molecule has 0 bridgehead atoms. The zero-order valence-corrected chi connectivity index (χ0v) is 18.0. The highest BCUT2D eigenvalue weighted by Gasteiger charge is 2.25. The summed E-state index contributed by atoms with van der Waals surface area (Å²) in [5.41, 5.74) is 1.85. The highest BCUT2D eigenvalue weighted by molar-refractivity contribution is 7.91. The first-order valence-electron chi connectivity index (χ1n) is 9.65. The Hall–Kier alpha value is -3.99. The van der Waals surface area contributed by atoms with Crippen LogP contribution in [0.2, 0.25) is 0 Å². The summed E-state index contributed by atoms with van der Waals surface area (Å²) in [5, 5.41) is 15.2. The summed E-state index contributed by atoms with van der Waals surface area (Å²) in [7, 11) is -0.296. The Morgan fingerprint density at radius 1 is 1.09 bits per heavy atom. The van der Waals surface area contributed by atoms with E-state index in [4.69, 9.17) is 4.63 Å². The number of benzene rings is 2. The Bertz CT molecular complexity index is 1620. The summed E-state index contributed by atoms with van der Waals surface area (Å²) >= 11 is 0. The molecule has 162 valence electrons. The van der Waals surface area contributed by atoms with Gasteiger partial charge in [-0.3, -0.25) is 9.89 Å². The molecule has 0 atom stereocenters. The minimum atomic E-state index is -3.94. The smallest absolute Gasteiger partial charge is 0.258 e. The number of rotatable bonds is 5. The number of H-pyrrole nitrogens is 1. The lowest BCUT2D eigenvalue weighted by Crippen LogP contribution is -2.20. The van der Waals surface area contributed by atoms with Crippen LogP contribution < -0.4 is 10.5 Å². The molecular weight excluding hydrogens is 432 g/mol. The summed E-state index contributed by atoms with van der Waals surface area (Å²) in [6, 6.07) is 9.33. The summed E-state index contributed by atoms with van der Waals surface area (Å²) in [6.45, 7) is 0.362. The normalized spacial score (nSPS) is 11.9. The van der Waals surface area contributed by atoms with Crippen molar-refractivity contribution in [3.63, 3.8) is 0 Å². The van der Waals surface area contributed by atoms with Crippen molar-refractivity contribution >= 4 is 37.3 Å². The number of hydrogen-bond donors (Lipinski definition) is 1. The number of sulfone groups is 1. The summed E-state index contributed by atoms with van der Waals surface area (Å²) < 4.78 is 33.2. The SMILES string of the molecule is CN(C)c1ccc(S(=O)(=O)c2ccc3c(=O)n(Cc4cn[nH]c4)ccc3c2)c2nonc12. The van der Waals surface area contributed by atoms with E-state index in [-0.39, 0.29) is 20.9 Å². The molecule has 5 rings (SSSR count). The fourth-order valence-electron chi connectivity index (χ4n) is 3.65. The van der Waals surface area contributed by atoms with E-state index in [1.165, 1.54) is 24.3 Å². The number of nitrogens with zero attached hydrogens (tertiary/aromatic N) is 5. The van der Waals surface area contributed by atoms with Crippen LogP contribution in [0, 0.1) is 0 Å². The van der Waals surface area contributed by atoms with Gasteiger partial charge in [0, 0.05) is 37.4 Å². The van der Waals surface area contributed by atoms with E-state index in [1.807, 2.05) is 14.1 Å². The van der Waals surface area contributed by atoms with Gasteiger partial charge < -0.3 is 9.47 Å². The number of fused-ring (bicyclic) bond motifs is 2. The fourth-order valence-corrected chi connectivity index (χ4v) is 5.07. The number of aromatic amines is 1. The second kappa shape index (κ2) is 7.31. The number of aromatic nitrogens is 5. The molecule has 0 aliphatic heterocycles. The molecule has 0 saturated carbocycles. The van der Waals surface area contributed by atoms with Crippen LogP contribution in [0.3, 0.4) is 0 Å². The molecular formula is C21H18N6O4S. The Balaban J connectivity index is 1.60. The van der Waals surface area contributed by atoms with E-state index in [9.17, 15) is 13.2 Å². The lowest BCUT2D eigenvalue weighted by Gasteiger charge is -2.13. The van der Waals surface area contributed by atoms with Crippen LogP contribution >= 0.6 is 0 Å². The van der Waals surface area contributed by atoms with Gasteiger partial charge in [0.2, 0.25) is 9.84 Å². The van der Waals surface area contributed by atoms with Crippen LogP contribution in [-0.2, 0) is 16.4 Å². The maximum atomic E-state index is 13.4. The molecule has 3 heterocycles. The van der Waals surface area contributed by atoms with E-state index in [2.05, 4.69) is 20.5 Å². The molecule has 2 aromatic carbocycles. The zero-order valence-electron chi connectivity index (χ0n) is 17.2. The Morgan fingerprint density at radius 2 is 1.91 bits per heavy atom. The molecule has 0 aliphatic carbocycles. The molecule has 5 aromatic rings. The number of anilines is 1. The van der Waals surface area contributed by atoms with Crippen LogP contribution in [0.4, 0.5) is 5.69 Å². The third kappa shape index (κ3) is 3.14. The standard InChI is InChI=1S/C21H18N6O4S/c1-26(2)17-5-6-18(20-19(17)24-31-25-20)32(29,30)15-3-4-16-14(9-15)7-8-27(21(16)28)12-13-10-22-23-11-13/h3-11H,12H2,1-2H3,(H,22,23). The Morgan fingerprint density at radius 3 is 2.66 bits per heavy atom. The molecule has 0 aliphatic rings. The van der Waals surface area contributed by atoms with Crippen molar-refractivity contribution in [2.75, 3.05) is 19.0 Å². The van der Waals surface area contributed by atoms with Crippen LogP contribution in [0.15, 0.2) is 74.2 Å². The van der Waals surface area contributed by atoms with Crippen molar-refractivity contribution in [2.24, 2.45) is 0 Å². The molecule has 0 saturated heterocycles. The van der Waals surface area contributed by atoms with E-state index < -0.39 is 9.84 Å². The van der Waals surface area contributed by atoms with Crippen LogP contribution in [0.1, 0.15) is 5.56 Å². The molecule has 1 N–H and O–H groups in total. The average molecular weight is 450 g/mol. The zero-order chi connectivity index (χ0) is 22.5. The maximum Gasteiger partial charge on any atom is 0.258 e. The third-order valence-electron chi connectivity index (χ3n) is 5.29. The highest BCUT2D eigenvalue weighted by atomic mass is 32.2. The lowest BCUT2D eigenvalue weighted by molar-refractivity contribution is 0.315. The van der Waals surface area contributed by atoms with E-state index in [0.29, 0.717) is 28.5 Å². The summed E-state index contributed by atoms with van der Waals surface area (Å²) in [4.78, 5) is 14.7. The first kappa shape index (κ1) is 19.9. The van der Waals surface area contributed by atoms with Crippen molar-refractivity contribution in [1.82, 2.24) is 25.1 Å². The first-order chi connectivity index (χ1) is 15.4. The van der Waals surface area contributed by atoms with Crippen molar-refractivity contribution in [1.29, 1.82) is 0 Å². The predicted molar refractivity (Wildman–Crippen MR) is 117 cm³/mol. The van der Waals surface area contributed by atoms with Gasteiger partial charge in [-0.15, -0.1) is 0 Å². The minimum absolute atomic E-state index is 0.00741. The van der Waals surface area contributed by atoms with Crippen molar-refractivity contribution in [3.05, 3.63) is 70.9 Å². The van der Waals surface area contributed by atoms with Crippen molar-refractivity contribution < 1.29 is 13.0 Å². The molecule has 10 nitrogen and oxygen atoms in total. The van der Waals surface area contributed by atoms with Gasteiger partial charge in [0.1, 0.15) is 4.90 Å². The lowest BCUT2D eigenvalue weighted by atomic mass is 10.2. The quantitative estimate of drug-likeness (QED) is 0.432. The molecule has 0 amide bonds. The molecule has 0 radical (unpaired) electrons. The molecule has 3 aromatic heterocycles. The second-order valence-corrected chi connectivity index (χ2v) is 9.46. The van der Waals surface area contributed by atoms with E-state index in [0.717, 1.165) is 5.56 Å². The molecule has 32 heavy (non-hydrogen) atoms.